The first-order chi connectivity index (χ1) is 10.2. The normalized spacial score (nSPS) is 20.6. The van der Waals surface area contributed by atoms with Crippen LogP contribution in [0.25, 0.3) is 5.57 Å². The molecule has 1 aliphatic carbocycles. The maximum atomic E-state index is 10.8. The summed E-state index contributed by atoms with van der Waals surface area (Å²) in [6, 6.07) is 16.1. The molecule has 0 bridgehead atoms. The second-order valence-corrected chi connectivity index (χ2v) is 5.38. The number of allylic oxidation sites excluding steroid dienone is 1. The summed E-state index contributed by atoms with van der Waals surface area (Å²) in [7, 11) is 1.67. The fourth-order valence-corrected chi connectivity index (χ4v) is 3.07. The lowest BCUT2D eigenvalue weighted by atomic mass is 9.78. The Hall–Kier alpha value is -2.06. The molecule has 2 atom stereocenters. The standard InChI is InChI=1S/C19H20O2/c1-3-13-12-18(14-7-6-8-15(11-14)21-2)19(20)17-10-5-4-9-16(13)17/h4-12,18-20H,3H2,1-2H3/t18-,19-/m1/s1. The molecule has 0 aliphatic heterocycles. The molecular weight excluding hydrogens is 260 g/mol. The molecule has 0 aromatic heterocycles. The van der Waals surface area contributed by atoms with E-state index in [1.807, 2.05) is 42.5 Å². The highest BCUT2D eigenvalue weighted by Gasteiger charge is 2.28. The van der Waals surface area contributed by atoms with Crippen LogP contribution in [-0.4, -0.2) is 12.2 Å². The first-order valence-corrected chi connectivity index (χ1v) is 7.36. The summed E-state index contributed by atoms with van der Waals surface area (Å²) in [6.07, 6.45) is 2.65. The minimum atomic E-state index is -0.511. The minimum Gasteiger partial charge on any atom is -0.497 e. The average Bonchev–Trinajstić information content (AvgIpc) is 2.55. The van der Waals surface area contributed by atoms with Crippen LogP contribution in [0.2, 0.25) is 0 Å². The van der Waals surface area contributed by atoms with Crippen molar-refractivity contribution in [3.63, 3.8) is 0 Å². The van der Waals surface area contributed by atoms with Crippen molar-refractivity contribution in [2.75, 3.05) is 7.11 Å². The van der Waals surface area contributed by atoms with Gasteiger partial charge in [-0.3, -0.25) is 0 Å². The molecule has 2 heteroatoms. The molecule has 0 fully saturated rings. The lowest BCUT2D eigenvalue weighted by Gasteiger charge is -2.29. The van der Waals surface area contributed by atoms with E-state index >= 15 is 0 Å². The number of hydrogen-bond acceptors (Lipinski definition) is 2. The molecule has 0 saturated carbocycles. The molecule has 1 N–H and O–H groups in total. The fraction of sp³-hybridized carbons (Fsp3) is 0.263. The van der Waals surface area contributed by atoms with Gasteiger partial charge in [0, 0.05) is 5.92 Å². The van der Waals surface area contributed by atoms with Crippen molar-refractivity contribution in [1.82, 2.24) is 0 Å². The van der Waals surface area contributed by atoms with Crippen LogP contribution in [-0.2, 0) is 0 Å². The van der Waals surface area contributed by atoms with Gasteiger partial charge in [-0.05, 0) is 40.8 Å². The second kappa shape index (κ2) is 5.74. The van der Waals surface area contributed by atoms with Crippen molar-refractivity contribution in [3.05, 3.63) is 71.3 Å². The Morgan fingerprint density at radius 2 is 1.90 bits per heavy atom. The molecule has 3 rings (SSSR count). The average molecular weight is 280 g/mol. The lowest BCUT2D eigenvalue weighted by Crippen LogP contribution is -2.15. The van der Waals surface area contributed by atoms with Gasteiger partial charge in [0.25, 0.3) is 0 Å². The fourth-order valence-electron chi connectivity index (χ4n) is 3.07. The van der Waals surface area contributed by atoms with Gasteiger partial charge >= 0.3 is 0 Å². The van der Waals surface area contributed by atoms with Crippen molar-refractivity contribution < 1.29 is 9.84 Å². The first kappa shape index (κ1) is 13.9. The number of ether oxygens (including phenoxy) is 1. The van der Waals surface area contributed by atoms with E-state index in [2.05, 4.69) is 19.1 Å². The van der Waals surface area contributed by atoms with Gasteiger partial charge in [0.2, 0.25) is 0 Å². The zero-order chi connectivity index (χ0) is 14.8. The Morgan fingerprint density at radius 3 is 2.67 bits per heavy atom. The number of fused-ring (bicyclic) bond motifs is 1. The summed E-state index contributed by atoms with van der Waals surface area (Å²) < 4.78 is 5.30. The molecular formula is C19H20O2. The van der Waals surface area contributed by atoms with Crippen LogP contribution in [0.1, 0.15) is 42.1 Å². The Labute approximate surface area is 125 Å². The third-order valence-corrected chi connectivity index (χ3v) is 4.21. The van der Waals surface area contributed by atoms with E-state index in [-0.39, 0.29) is 5.92 Å². The Morgan fingerprint density at radius 1 is 1.10 bits per heavy atom. The first-order valence-electron chi connectivity index (χ1n) is 7.36. The summed E-state index contributed by atoms with van der Waals surface area (Å²) in [4.78, 5) is 0. The highest BCUT2D eigenvalue weighted by molar-refractivity contribution is 5.72. The van der Waals surface area contributed by atoms with Crippen LogP contribution in [0.5, 0.6) is 5.75 Å². The van der Waals surface area contributed by atoms with Crippen molar-refractivity contribution in [1.29, 1.82) is 0 Å². The largest absolute Gasteiger partial charge is 0.497 e. The van der Waals surface area contributed by atoms with E-state index in [9.17, 15) is 5.11 Å². The molecule has 2 nitrogen and oxygen atoms in total. The van der Waals surface area contributed by atoms with Gasteiger partial charge in [-0.15, -0.1) is 0 Å². The SMILES string of the molecule is CCC1=C[C@H](c2cccc(OC)c2)[C@H](O)c2ccccc21. The molecule has 0 radical (unpaired) electrons. The maximum Gasteiger partial charge on any atom is 0.119 e. The molecule has 0 saturated heterocycles. The molecule has 0 heterocycles. The van der Waals surface area contributed by atoms with E-state index in [0.717, 1.165) is 23.3 Å². The number of benzene rings is 2. The maximum absolute atomic E-state index is 10.8. The molecule has 0 amide bonds. The third-order valence-electron chi connectivity index (χ3n) is 4.21. The number of hydrogen-bond donors (Lipinski definition) is 1. The van der Waals surface area contributed by atoms with Crippen LogP contribution >= 0.6 is 0 Å². The smallest absolute Gasteiger partial charge is 0.119 e. The molecule has 0 spiro atoms. The van der Waals surface area contributed by atoms with E-state index in [4.69, 9.17) is 4.74 Å². The monoisotopic (exact) mass is 280 g/mol. The van der Waals surface area contributed by atoms with Crippen molar-refractivity contribution in [3.8, 4) is 5.75 Å². The van der Waals surface area contributed by atoms with Gasteiger partial charge in [-0.25, -0.2) is 0 Å². The minimum absolute atomic E-state index is 0.0232. The number of aliphatic hydroxyl groups excluding tert-OH is 1. The quantitative estimate of drug-likeness (QED) is 0.907. The van der Waals surface area contributed by atoms with Crippen LogP contribution in [0, 0.1) is 0 Å². The molecule has 1 aliphatic rings. The van der Waals surface area contributed by atoms with Crippen LogP contribution in [0.15, 0.2) is 54.6 Å². The number of rotatable bonds is 3. The van der Waals surface area contributed by atoms with Crippen molar-refractivity contribution >= 4 is 5.57 Å². The molecule has 21 heavy (non-hydrogen) atoms. The Balaban J connectivity index is 2.08. The molecule has 2 aromatic carbocycles. The molecule has 0 unspecified atom stereocenters. The predicted octanol–water partition coefficient (Wildman–Crippen LogP) is 4.32. The van der Waals surface area contributed by atoms with Gasteiger partial charge < -0.3 is 9.84 Å². The number of methoxy groups -OCH3 is 1. The van der Waals surface area contributed by atoms with Crippen LogP contribution < -0.4 is 4.74 Å². The summed E-state index contributed by atoms with van der Waals surface area (Å²) in [6.45, 7) is 2.16. The zero-order valence-corrected chi connectivity index (χ0v) is 12.4. The summed E-state index contributed by atoms with van der Waals surface area (Å²) in [5, 5.41) is 10.8. The summed E-state index contributed by atoms with van der Waals surface area (Å²) in [5.41, 5.74) is 4.57. The zero-order valence-electron chi connectivity index (χ0n) is 12.4. The van der Waals surface area contributed by atoms with Gasteiger partial charge in [0.05, 0.1) is 13.2 Å². The van der Waals surface area contributed by atoms with Gasteiger partial charge in [-0.2, -0.15) is 0 Å². The van der Waals surface area contributed by atoms with E-state index in [1.165, 1.54) is 11.1 Å². The second-order valence-electron chi connectivity index (χ2n) is 5.38. The van der Waals surface area contributed by atoms with Crippen molar-refractivity contribution in [2.24, 2.45) is 0 Å². The van der Waals surface area contributed by atoms with Crippen molar-refractivity contribution in [2.45, 2.75) is 25.4 Å². The Bertz CT molecular complexity index is 673. The van der Waals surface area contributed by atoms with E-state index in [1.54, 1.807) is 7.11 Å². The topological polar surface area (TPSA) is 29.5 Å². The van der Waals surface area contributed by atoms with E-state index in [0.29, 0.717) is 0 Å². The predicted molar refractivity (Wildman–Crippen MR) is 85.4 cm³/mol. The van der Waals surface area contributed by atoms with Gasteiger partial charge in [0.1, 0.15) is 5.75 Å². The highest BCUT2D eigenvalue weighted by atomic mass is 16.5. The Kier molecular flexibility index (Phi) is 3.80. The summed E-state index contributed by atoms with van der Waals surface area (Å²) >= 11 is 0. The third kappa shape index (κ3) is 2.47. The molecule has 108 valence electrons. The molecule has 2 aromatic rings. The lowest BCUT2D eigenvalue weighted by molar-refractivity contribution is 0.159. The number of aliphatic hydroxyl groups is 1. The highest BCUT2D eigenvalue weighted by Crippen LogP contribution is 2.43. The van der Waals surface area contributed by atoms with E-state index < -0.39 is 6.10 Å². The van der Waals surface area contributed by atoms with Gasteiger partial charge in [0.15, 0.2) is 0 Å². The summed E-state index contributed by atoms with van der Waals surface area (Å²) in [5.74, 6) is 0.801. The van der Waals surface area contributed by atoms with Gasteiger partial charge in [-0.1, -0.05) is 49.4 Å². The van der Waals surface area contributed by atoms with Crippen LogP contribution in [0.4, 0.5) is 0 Å². The van der Waals surface area contributed by atoms with Crippen LogP contribution in [0.3, 0.4) is 0 Å².